The van der Waals surface area contributed by atoms with Crippen molar-refractivity contribution in [2.75, 3.05) is 0 Å². The van der Waals surface area contributed by atoms with E-state index in [4.69, 9.17) is 163 Å². The molecule has 1 aliphatic carbocycles. The van der Waals surface area contributed by atoms with E-state index < -0.39 is 174 Å². The average Bonchev–Trinajstić information content (AvgIpc) is 1.66. The Hall–Kier alpha value is -11.8. The highest BCUT2D eigenvalue weighted by atomic mass is 16.4. The molecule has 3 aromatic carbocycles. The smallest absolute Gasteiger partial charge is 0.324 e. The van der Waals surface area contributed by atoms with Crippen molar-refractivity contribution in [2.45, 2.75) is 341 Å². The van der Waals surface area contributed by atoms with Gasteiger partial charge in [-0.05, 0) is 200 Å². The van der Waals surface area contributed by atoms with E-state index in [-0.39, 0.29) is 18.3 Å². The number of carboxylic acids is 15. The van der Waals surface area contributed by atoms with Crippen LogP contribution in [-0.4, -0.2) is 244 Å². The number of carboxylic acid groups (broad SMARTS) is 15. The van der Waals surface area contributed by atoms with E-state index in [0.717, 1.165) is 35.6 Å². The SMILES string of the molecule is C#CC[C@@](C)(N)C(=O)O.C=CC[C@@](C)(N)C(=O)O.CC(C)(N)C(=O)O.CC(C)C[C@@](C)(N)C(=O)O.CC(C)C[C@](C)(N)C(=O)O.CC(C)[C@@](C)(N)C(=O)O.CC(C)[C@](C)(N)C(=O)O.CCC(N)(CC)C(=O)O.CC[C@@](C)(N)C(=O)O.CC[C@](C)(N)C(=O)O.C[C@@](N)(CC(=O)O)C(=O)O.C[C@@](N)(CC1=CCc2ccccc21)C(=O)O.C[C@@](N)(Cc1ccccc1)C(=O)O.C[C@](N)(Cc1ccccc1)C(=O)O. The molecule has 4 rings (SSSR count). The normalized spacial score (nSPS) is 15.9. The molecule has 140 heavy (non-hydrogen) atoms. The molecule has 3 aromatic rings. The highest BCUT2D eigenvalue weighted by molar-refractivity contribution is 5.86. The summed E-state index contributed by atoms with van der Waals surface area (Å²) >= 11 is 0. The summed E-state index contributed by atoms with van der Waals surface area (Å²) in [5, 5.41) is 127. The summed E-state index contributed by atoms with van der Waals surface area (Å²) in [6, 6.07) is 26.8. The number of aliphatic carboxylic acids is 15. The minimum Gasteiger partial charge on any atom is -0.481 e. The molecule has 0 amide bonds. The Morgan fingerprint density at radius 1 is 0.336 bits per heavy atom. The number of terminal acetylenes is 1. The summed E-state index contributed by atoms with van der Waals surface area (Å²) in [4.78, 5) is 155. The third-order valence-electron chi connectivity index (χ3n) is 20.5. The van der Waals surface area contributed by atoms with Gasteiger partial charge in [-0.25, -0.2) is 0 Å². The highest BCUT2D eigenvalue weighted by Gasteiger charge is 2.37. The lowest BCUT2D eigenvalue weighted by Crippen LogP contribution is -2.49. The van der Waals surface area contributed by atoms with E-state index >= 15 is 0 Å². The molecular weight excluding hydrogens is 1830 g/mol. The van der Waals surface area contributed by atoms with Crippen molar-refractivity contribution in [1.82, 2.24) is 0 Å². The van der Waals surface area contributed by atoms with Crippen molar-refractivity contribution in [3.63, 3.8) is 0 Å². The number of carbonyl (C=O) groups is 15. The first-order valence-corrected chi connectivity index (χ1v) is 43.9. The van der Waals surface area contributed by atoms with E-state index in [1.165, 1.54) is 94.7 Å². The number of benzene rings is 3. The second-order valence-corrected chi connectivity index (χ2v) is 38.3. The summed E-state index contributed by atoms with van der Waals surface area (Å²) < 4.78 is 0. The first-order valence-electron chi connectivity index (χ1n) is 43.9. The summed E-state index contributed by atoms with van der Waals surface area (Å²) in [6.07, 6.45) is 13.1. The molecule has 44 heteroatoms. The Balaban J connectivity index is -0.000000163. The van der Waals surface area contributed by atoms with Crippen LogP contribution in [0.4, 0.5) is 0 Å². The van der Waals surface area contributed by atoms with Gasteiger partial charge in [0.2, 0.25) is 0 Å². The molecule has 0 heterocycles. The lowest BCUT2D eigenvalue weighted by Gasteiger charge is -2.22. The van der Waals surface area contributed by atoms with E-state index in [0.29, 0.717) is 76.0 Å². The van der Waals surface area contributed by atoms with Crippen LogP contribution in [0.25, 0.3) is 5.57 Å². The first kappa shape index (κ1) is 148. The molecule has 0 aliphatic heterocycles. The monoisotopic (exact) mass is 2000 g/mol. The summed E-state index contributed by atoms with van der Waals surface area (Å²) in [7, 11) is 0. The topological polar surface area (TPSA) is 924 Å². The number of rotatable bonds is 35. The minimum absolute atomic E-state index is 0.0324. The van der Waals surface area contributed by atoms with Crippen molar-refractivity contribution in [3.8, 4) is 12.3 Å². The highest BCUT2D eigenvalue weighted by Crippen LogP contribution is 2.33. The lowest BCUT2D eigenvalue weighted by molar-refractivity contribution is -0.149. The van der Waals surface area contributed by atoms with Crippen molar-refractivity contribution in [3.05, 3.63) is 126 Å². The van der Waals surface area contributed by atoms with Gasteiger partial charge in [-0.15, -0.1) is 18.9 Å². The Bertz CT molecular complexity index is 4230. The number of nitrogens with two attached hydrogens (primary N) is 14. The molecule has 0 radical (unpaired) electrons. The van der Waals surface area contributed by atoms with Gasteiger partial charge in [0.05, 0.1) is 6.42 Å². The molecule has 0 saturated carbocycles. The van der Waals surface area contributed by atoms with Crippen molar-refractivity contribution in [2.24, 2.45) is 104 Å². The van der Waals surface area contributed by atoms with Crippen LogP contribution < -0.4 is 80.3 Å². The molecule has 44 nitrogen and oxygen atoms in total. The Morgan fingerprint density at radius 2 is 0.593 bits per heavy atom. The summed E-state index contributed by atoms with van der Waals surface area (Å²) in [5.74, 6) is -12.3. The van der Waals surface area contributed by atoms with Gasteiger partial charge in [-0.3, -0.25) is 71.9 Å². The fourth-order valence-electron chi connectivity index (χ4n) is 8.47. The van der Waals surface area contributed by atoms with Crippen LogP contribution >= 0.6 is 0 Å². The van der Waals surface area contributed by atoms with Crippen molar-refractivity contribution < 1.29 is 149 Å². The number of fused-ring (bicyclic) bond motifs is 1. The Morgan fingerprint density at radius 3 is 0.743 bits per heavy atom. The zero-order valence-electron chi connectivity index (χ0n) is 86.4. The zero-order chi connectivity index (χ0) is 114. The van der Waals surface area contributed by atoms with Gasteiger partial charge in [-0.1, -0.05) is 180 Å². The molecule has 43 N–H and O–H groups in total. The number of hydrogen-bond donors (Lipinski definition) is 29. The molecule has 12 atom stereocenters. The Labute approximate surface area is 823 Å². The predicted molar refractivity (Wildman–Crippen MR) is 536 cm³/mol. The van der Waals surface area contributed by atoms with E-state index in [1.54, 1.807) is 62.3 Å². The van der Waals surface area contributed by atoms with Gasteiger partial charge in [0.1, 0.15) is 77.5 Å². The molecule has 804 valence electrons. The van der Waals surface area contributed by atoms with Crippen LogP contribution in [0.3, 0.4) is 0 Å². The van der Waals surface area contributed by atoms with Gasteiger partial charge in [-0.2, -0.15) is 0 Å². The fraction of sp³-hybridized carbons (Fsp3) is 0.594. The second-order valence-electron chi connectivity index (χ2n) is 38.3. The second kappa shape index (κ2) is 66.8. The molecule has 0 bridgehead atoms. The first-order chi connectivity index (χ1) is 62.4. The van der Waals surface area contributed by atoms with Gasteiger partial charge < -0.3 is 157 Å². The van der Waals surface area contributed by atoms with Crippen molar-refractivity contribution in [1.29, 1.82) is 0 Å². The third-order valence-corrected chi connectivity index (χ3v) is 20.5. The average molecular weight is 2000 g/mol. The van der Waals surface area contributed by atoms with Gasteiger partial charge >= 0.3 is 89.5 Å². The molecule has 0 spiro atoms. The van der Waals surface area contributed by atoms with Crippen LogP contribution in [0.2, 0.25) is 0 Å². The number of allylic oxidation sites excluding steroid dienone is 1. The van der Waals surface area contributed by atoms with Crippen LogP contribution in [0.5, 0.6) is 0 Å². The maximum absolute atomic E-state index is 11.0. The third kappa shape index (κ3) is 68.3. The van der Waals surface area contributed by atoms with Gasteiger partial charge in [0, 0.05) is 25.7 Å². The van der Waals surface area contributed by atoms with Gasteiger partial charge in [0.25, 0.3) is 0 Å². The molecule has 1 aliphatic rings. The summed E-state index contributed by atoms with van der Waals surface area (Å²) in [5.41, 5.74) is 64.5. The lowest BCUT2D eigenvalue weighted by atomic mass is 9.90. The maximum atomic E-state index is 11.0. The largest absolute Gasteiger partial charge is 0.481 e. The van der Waals surface area contributed by atoms with Gasteiger partial charge in [0.15, 0.2) is 0 Å². The van der Waals surface area contributed by atoms with Crippen LogP contribution in [0, 0.1) is 36.0 Å². The maximum Gasteiger partial charge on any atom is 0.324 e. The standard InChI is InChI=1S/C13H15NO2.2C10H13NO2.2C7H15NO2.2C6H13NO2.C6H11NO2.C6H9NO2.C6H13NO2.C5H9NO4.2C5H11NO2.C4H9NO2/c1-13(14,12(15)16)8-10-7-6-9-4-2-3-5-11(9)10;2*1-10(11,9(12)13)7-8-5-3-2-4-6-8;2*1-5(2)4-7(3,8)6(9)10;2*1-4(2)6(3,7)5(8)9;2*1-3-4-6(2,7)5(8)9;1-3-6(7,4-2)5(8)9;1-5(6,4(9)10)2-3(7)8;2*1-3-5(2,6)4(7)8;1-4(2,5)3(6)7/h2-5,7H,6,8,14H2,1H3,(H,15,16);2*2-6H,7,11H2,1H3,(H,12,13);2*5H,4,8H2,1-3H3,(H,9,10);2*4H,7H2,1-3H3,(H,8,9);3H,1,4,7H2,2H3,(H,8,9);1H,4,7H2,2H3,(H,8,9);3-4,7H2,1-2H3,(H,8,9);2,6H2,1H3,(H,7,8)(H,9,10);2*3,6H2,1-2H3,(H,7,8);5H2,1-2H3,(H,6,7)/t13-;2*10-;2*7-;4*6-;;3*5-;/m110101011.110./s1. The summed E-state index contributed by atoms with van der Waals surface area (Å²) in [6.45, 7) is 45.9. The molecular formula is C96H170N14O30. The number of hydrogen-bond acceptors (Lipinski definition) is 29. The molecule has 0 fully saturated rings. The quantitative estimate of drug-likeness (QED) is 0.0216. The van der Waals surface area contributed by atoms with E-state index in [2.05, 4.69) is 24.6 Å². The fourth-order valence-corrected chi connectivity index (χ4v) is 8.47. The van der Waals surface area contributed by atoms with Crippen molar-refractivity contribution >= 4 is 95.1 Å². The zero-order valence-corrected chi connectivity index (χ0v) is 86.4. The van der Waals surface area contributed by atoms with E-state index in [1.807, 2.05) is 107 Å². The van der Waals surface area contributed by atoms with Crippen LogP contribution in [-0.2, 0) is 91.2 Å². The molecule has 0 aromatic heterocycles. The van der Waals surface area contributed by atoms with Crippen LogP contribution in [0.1, 0.15) is 266 Å². The molecule has 0 unspecified atom stereocenters. The molecule has 0 saturated heterocycles. The minimum atomic E-state index is -1.66. The predicted octanol–water partition coefficient (Wildman–Crippen LogP) is 6.67. The Kier molecular flexibility index (Phi) is 70.8. The van der Waals surface area contributed by atoms with Crippen LogP contribution in [0.15, 0.2) is 104 Å². The van der Waals surface area contributed by atoms with E-state index in [9.17, 15) is 71.9 Å².